The van der Waals surface area contributed by atoms with E-state index in [9.17, 15) is 9.59 Å². The van der Waals surface area contributed by atoms with Gasteiger partial charge in [0.1, 0.15) is 11.5 Å². The molecule has 0 fully saturated rings. The Balaban J connectivity index is 1.36. The molecule has 0 unspecified atom stereocenters. The fourth-order valence-electron chi connectivity index (χ4n) is 4.37. The maximum Gasteiger partial charge on any atom is 0.269 e. The van der Waals surface area contributed by atoms with Gasteiger partial charge in [0, 0.05) is 28.9 Å². The molecule has 0 atom stereocenters. The molecule has 3 heterocycles. The lowest BCUT2D eigenvalue weighted by Gasteiger charge is -2.13. The van der Waals surface area contributed by atoms with E-state index in [1.807, 2.05) is 51.1 Å². The van der Waals surface area contributed by atoms with Crippen molar-refractivity contribution in [1.82, 2.24) is 20.3 Å². The maximum atomic E-state index is 13.5. The molecule has 196 valence electrons. The van der Waals surface area contributed by atoms with Crippen molar-refractivity contribution in [2.24, 2.45) is 0 Å². The van der Waals surface area contributed by atoms with Crippen LogP contribution in [0.5, 0.6) is 0 Å². The molecule has 0 saturated carbocycles. The first-order chi connectivity index (χ1) is 18.8. The minimum Gasteiger partial charge on any atom is -0.446 e. The second-order valence-corrected chi connectivity index (χ2v) is 9.68. The summed E-state index contributed by atoms with van der Waals surface area (Å²) in [6, 6.07) is 16.3. The summed E-state index contributed by atoms with van der Waals surface area (Å²) in [7, 11) is 0. The lowest BCUT2D eigenvalue weighted by Crippen LogP contribution is -2.26. The van der Waals surface area contributed by atoms with Crippen molar-refractivity contribution in [2.75, 3.05) is 11.9 Å². The molecule has 0 radical (unpaired) electrons. The van der Waals surface area contributed by atoms with Crippen LogP contribution in [-0.4, -0.2) is 33.3 Å². The first kappa shape index (κ1) is 26.1. The minimum absolute atomic E-state index is 0.234. The molecule has 0 aliphatic heterocycles. The summed E-state index contributed by atoms with van der Waals surface area (Å²) < 4.78 is 5.41. The summed E-state index contributed by atoms with van der Waals surface area (Å²) in [6.45, 7) is 6.13. The highest BCUT2D eigenvalue weighted by molar-refractivity contribution is 6.33. The van der Waals surface area contributed by atoms with Crippen LogP contribution in [0.4, 0.5) is 5.69 Å². The first-order valence-corrected chi connectivity index (χ1v) is 12.8. The zero-order valence-corrected chi connectivity index (χ0v) is 22.5. The number of halogens is 1. The monoisotopic (exact) mass is 539 g/mol. The number of nitrogens with one attached hydrogen (secondary N) is 2. The zero-order chi connectivity index (χ0) is 27.5. The van der Waals surface area contributed by atoms with E-state index in [4.69, 9.17) is 21.0 Å². The van der Waals surface area contributed by atoms with Gasteiger partial charge in [-0.3, -0.25) is 9.59 Å². The molecule has 2 aromatic carbocycles. The van der Waals surface area contributed by atoms with Gasteiger partial charge in [0.2, 0.25) is 0 Å². The Hall–Kier alpha value is -4.56. The Morgan fingerprint density at radius 3 is 2.49 bits per heavy atom. The van der Waals surface area contributed by atoms with Crippen LogP contribution in [0.25, 0.3) is 22.2 Å². The SMILES string of the molecule is Cc1cc(C)c2nc(-c3ccccc3Cl)cc(C(=O)Nc3ccc(C(=O)NCCc4ncc(C)o4)nc3)c2c1. The molecule has 0 aliphatic rings. The van der Waals surface area contributed by atoms with Gasteiger partial charge in [-0.1, -0.05) is 41.4 Å². The van der Waals surface area contributed by atoms with Crippen LogP contribution in [0.3, 0.4) is 0 Å². The van der Waals surface area contributed by atoms with Crippen LogP contribution in [0, 0.1) is 20.8 Å². The second kappa shape index (κ2) is 11.0. The third kappa shape index (κ3) is 5.81. The van der Waals surface area contributed by atoms with Crippen LogP contribution in [0.2, 0.25) is 5.02 Å². The molecule has 0 bridgehead atoms. The number of amides is 2. The average molecular weight is 540 g/mol. The van der Waals surface area contributed by atoms with Gasteiger partial charge in [0.25, 0.3) is 11.8 Å². The first-order valence-electron chi connectivity index (χ1n) is 12.4. The minimum atomic E-state index is -0.327. The summed E-state index contributed by atoms with van der Waals surface area (Å²) in [5, 5.41) is 6.99. The van der Waals surface area contributed by atoms with Crippen LogP contribution >= 0.6 is 11.6 Å². The Kier molecular flexibility index (Phi) is 7.38. The number of hydrogen-bond acceptors (Lipinski definition) is 6. The lowest BCUT2D eigenvalue weighted by molar-refractivity contribution is 0.0948. The number of rotatable bonds is 7. The smallest absolute Gasteiger partial charge is 0.269 e. The van der Waals surface area contributed by atoms with Crippen molar-refractivity contribution >= 4 is 40.0 Å². The van der Waals surface area contributed by atoms with Gasteiger partial charge in [-0.15, -0.1) is 0 Å². The lowest BCUT2D eigenvalue weighted by atomic mass is 9.99. The normalized spacial score (nSPS) is 11.0. The molecule has 0 saturated heterocycles. The van der Waals surface area contributed by atoms with Gasteiger partial charge >= 0.3 is 0 Å². The Morgan fingerprint density at radius 1 is 0.949 bits per heavy atom. The van der Waals surface area contributed by atoms with E-state index in [1.54, 1.807) is 30.5 Å². The van der Waals surface area contributed by atoms with Gasteiger partial charge in [-0.2, -0.15) is 0 Å². The standard InChI is InChI=1S/C30H26ClN5O3/c1-17-12-18(2)28-22(13-17)23(14-26(36-28)21-6-4-5-7-24(21)31)29(37)35-20-8-9-25(33-16-20)30(38)32-11-10-27-34-15-19(3)39-27/h4-9,12-16H,10-11H2,1-3H3,(H,32,38)(H,35,37). The number of aromatic nitrogens is 3. The van der Waals surface area contributed by atoms with E-state index >= 15 is 0 Å². The molecule has 0 spiro atoms. The Bertz CT molecular complexity index is 1700. The predicted molar refractivity (Wildman–Crippen MR) is 151 cm³/mol. The molecular weight excluding hydrogens is 514 g/mol. The summed E-state index contributed by atoms with van der Waals surface area (Å²) in [4.78, 5) is 39.2. The van der Waals surface area contributed by atoms with Gasteiger partial charge in [-0.25, -0.2) is 15.0 Å². The number of aryl methyl sites for hydroxylation is 3. The molecule has 5 rings (SSSR count). The third-order valence-corrected chi connectivity index (χ3v) is 6.52. The highest BCUT2D eigenvalue weighted by atomic mass is 35.5. The number of hydrogen-bond donors (Lipinski definition) is 2. The number of nitrogens with zero attached hydrogens (tertiary/aromatic N) is 3. The molecule has 9 heteroatoms. The van der Waals surface area contributed by atoms with E-state index < -0.39 is 0 Å². The topological polar surface area (TPSA) is 110 Å². The summed E-state index contributed by atoms with van der Waals surface area (Å²) in [6.07, 6.45) is 3.57. The highest BCUT2D eigenvalue weighted by Crippen LogP contribution is 2.31. The molecule has 39 heavy (non-hydrogen) atoms. The quantitative estimate of drug-likeness (QED) is 0.259. The molecule has 2 N–H and O–H groups in total. The molecule has 2 amide bonds. The number of fused-ring (bicyclic) bond motifs is 1. The predicted octanol–water partition coefficient (Wildman–Crippen LogP) is 6.09. The molecule has 0 aliphatic carbocycles. The molecule has 8 nitrogen and oxygen atoms in total. The number of oxazole rings is 1. The number of benzene rings is 2. The van der Waals surface area contributed by atoms with Crippen LogP contribution < -0.4 is 10.6 Å². The number of carbonyl (C=O) groups is 2. The Morgan fingerprint density at radius 2 is 1.77 bits per heavy atom. The third-order valence-electron chi connectivity index (χ3n) is 6.19. The van der Waals surface area contributed by atoms with E-state index in [2.05, 4.69) is 20.6 Å². The van der Waals surface area contributed by atoms with Gasteiger partial charge in [0.05, 0.1) is 34.9 Å². The van der Waals surface area contributed by atoms with Crippen LogP contribution in [0.15, 0.2) is 71.4 Å². The number of carbonyl (C=O) groups excluding carboxylic acids is 2. The molecule has 5 aromatic rings. The number of anilines is 1. The van der Waals surface area contributed by atoms with E-state index in [-0.39, 0.29) is 17.5 Å². The van der Waals surface area contributed by atoms with Gasteiger partial charge < -0.3 is 15.1 Å². The van der Waals surface area contributed by atoms with Gasteiger partial charge in [0.15, 0.2) is 5.89 Å². The van der Waals surface area contributed by atoms with Crippen molar-refractivity contribution in [3.63, 3.8) is 0 Å². The van der Waals surface area contributed by atoms with E-state index in [1.165, 1.54) is 6.20 Å². The number of pyridine rings is 2. The average Bonchev–Trinajstić information content (AvgIpc) is 3.33. The summed E-state index contributed by atoms with van der Waals surface area (Å²) in [5.41, 5.74) is 5.22. The molecular formula is C30H26ClN5O3. The summed E-state index contributed by atoms with van der Waals surface area (Å²) in [5.74, 6) is 0.638. The van der Waals surface area contributed by atoms with E-state index in [0.29, 0.717) is 40.8 Å². The summed E-state index contributed by atoms with van der Waals surface area (Å²) >= 11 is 6.45. The largest absolute Gasteiger partial charge is 0.446 e. The second-order valence-electron chi connectivity index (χ2n) is 9.27. The fraction of sp³-hybridized carbons (Fsp3) is 0.167. The maximum absolute atomic E-state index is 13.5. The van der Waals surface area contributed by atoms with Crippen LogP contribution in [-0.2, 0) is 6.42 Å². The van der Waals surface area contributed by atoms with Crippen molar-refractivity contribution in [1.29, 1.82) is 0 Å². The van der Waals surface area contributed by atoms with Crippen molar-refractivity contribution in [3.8, 4) is 11.3 Å². The van der Waals surface area contributed by atoms with E-state index in [0.717, 1.165) is 33.4 Å². The van der Waals surface area contributed by atoms with Crippen molar-refractivity contribution in [2.45, 2.75) is 27.2 Å². The van der Waals surface area contributed by atoms with Crippen LogP contribution in [0.1, 0.15) is 43.6 Å². The Labute approximate surface area is 230 Å². The van der Waals surface area contributed by atoms with Crippen molar-refractivity contribution in [3.05, 3.63) is 106 Å². The van der Waals surface area contributed by atoms with Gasteiger partial charge in [-0.05, 0) is 56.7 Å². The fourth-order valence-corrected chi connectivity index (χ4v) is 4.60. The van der Waals surface area contributed by atoms with Crippen molar-refractivity contribution < 1.29 is 14.0 Å². The zero-order valence-electron chi connectivity index (χ0n) is 21.7. The highest BCUT2D eigenvalue weighted by Gasteiger charge is 2.18. The molecule has 3 aromatic heterocycles.